The zero-order valence-electron chi connectivity index (χ0n) is 19.4. The number of rotatable bonds is 5. The number of piperidine rings is 1. The van der Waals surface area contributed by atoms with Gasteiger partial charge in [0.2, 0.25) is 0 Å². The van der Waals surface area contributed by atoms with E-state index in [1.165, 1.54) is 16.9 Å². The lowest BCUT2D eigenvalue weighted by molar-refractivity contribution is -0.137. The van der Waals surface area contributed by atoms with E-state index in [0.29, 0.717) is 42.8 Å². The molecular formula is C25H26F3N5O2. The minimum absolute atomic E-state index is 0.0320. The van der Waals surface area contributed by atoms with Crippen LogP contribution in [0.15, 0.2) is 54.9 Å². The van der Waals surface area contributed by atoms with Crippen LogP contribution in [0.25, 0.3) is 5.82 Å². The maximum atomic E-state index is 13.3. The molecule has 0 unspecified atom stereocenters. The summed E-state index contributed by atoms with van der Waals surface area (Å²) in [5.74, 6) is -0.242. The molecule has 2 aromatic heterocycles. The molecule has 10 heteroatoms. The molecule has 4 rings (SSSR count). The van der Waals surface area contributed by atoms with Crippen molar-refractivity contribution in [3.05, 3.63) is 77.2 Å². The van der Waals surface area contributed by atoms with Crippen molar-refractivity contribution < 1.29 is 22.8 Å². The fraction of sp³-hybridized carbons (Fsp3) is 0.360. The number of aromatic nitrogens is 3. The van der Waals surface area contributed by atoms with Gasteiger partial charge in [-0.2, -0.15) is 18.3 Å². The van der Waals surface area contributed by atoms with E-state index in [4.69, 9.17) is 0 Å². The Hall–Kier alpha value is -3.69. The lowest BCUT2D eigenvalue weighted by Gasteiger charge is -2.32. The van der Waals surface area contributed by atoms with Gasteiger partial charge in [-0.1, -0.05) is 32.0 Å². The third kappa shape index (κ3) is 5.36. The summed E-state index contributed by atoms with van der Waals surface area (Å²) >= 11 is 0. The highest BCUT2D eigenvalue weighted by Gasteiger charge is 2.32. The lowest BCUT2D eigenvalue weighted by atomic mass is 10.0. The number of hydrogen-bond donors (Lipinski definition) is 1. The van der Waals surface area contributed by atoms with Crippen molar-refractivity contribution in [2.24, 2.45) is 0 Å². The Kier molecular flexibility index (Phi) is 6.90. The monoisotopic (exact) mass is 485 g/mol. The molecule has 1 aliphatic heterocycles. The highest BCUT2D eigenvalue weighted by Crippen LogP contribution is 2.30. The van der Waals surface area contributed by atoms with Crippen molar-refractivity contribution in [3.8, 4) is 5.82 Å². The maximum absolute atomic E-state index is 13.3. The van der Waals surface area contributed by atoms with E-state index in [1.807, 2.05) is 32.0 Å². The molecule has 1 fully saturated rings. The van der Waals surface area contributed by atoms with Gasteiger partial charge in [-0.05, 0) is 43.0 Å². The third-order valence-electron chi connectivity index (χ3n) is 6.03. The van der Waals surface area contributed by atoms with Gasteiger partial charge >= 0.3 is 6.18 Å². The van der Waals surface area contributed by atoms with Crippen molar-refractivity contribution in [1.29, 1.82) is 0 Å². The second kappa shape index (κ2) is 9.89. The van der Waals surface area contributed by atoms with Gasteiger partial charge in [0.05, 0.1) is 23.0 Å². The van der Waals surface area contributed by atoms with Crippen molar-refractivity contribution in [1.82, 2.24) is 25.0 Å². The quantitative estimate of drug-likeness (QED) is 0.579. The van der Waals surface area contributed by atoms with Crippen molar-refractivity contribution >= 4 is 11.8 Å². The van der Waals surface area contributed by atoms with Crippen LogP contribution >= 0.6 is 0 Å². The standard InChI is InChI=1S/C25H26F3N5O2/c1-16(2)22-20(15-30-33(22)21-9-8-18(14-29-21)25(26,27)28)24(35)32-12-10-19(11-13-32)31-23(34)17-6-4-3-5-7-17/h3-9,14-16,19H,10-13H2,1-2H3,(H,31,34). The number of carbonyl (C=O) groups excluding carboxylic acids is 2. The summed E-state index contributed by atoms with van der Waals surface area (Å²) in [4.78, 5) is 31.4. The Balaban J connectivity index is 1.45. The summed E-state index contributed by atoms with van der Waals surface area (Å²) in [7, 11) is 0. The first-order valence-corrected chi connectivity index (χ1v) is 11.4. The van der Waals surface area contributed by atoms with Crippen LogP contribution < -0.4 is 5.32 Å². The molecule has 0 radical (unpaired) electrons. The Morgan fingerprint density at radius 1 is 1.03 bits per heavy atom. The first-order chi connectivity index (χ1) is 16.6. The van der Waals surface area contributed by atoms with Gasteiger partial charge in [0.1, 0.15) is 0 Å². The number of alkyl halides is 3. The molecule has 0 aliphatic carbocycles. The van der Waals surface area contributed by atoms with Crippen molar-refractivity contribution in [2.75, 3.05) is 13.1 Å². The second-order valence-corrected chi connectivity index (χ2v) is 8.82. The zero-order valence-corrected chi connectivity index (χ0v) is 19.4. The van der Waals surface area contributed by atoms with E-state index >= 15 is 0 Å². The SMILES string of the molecule is CC(C)c1c(C(=O)N2CCC(NC(=O)c3ccccc3)CC2)cnn1-c1ccc(C(F)(F)F)cn1. The van der Waals surface area contributed by atoms with E-state index < -0.39 is 11.7 Å². The lowest BCUT2D eigenvalue weighted by Crippen LogP contribution is -2.46. The molecule has 2 amide bonds. The minimum Gasteiger partial charge on any atom is -0.349 e. The number of halogens is 3. The van der Waals surface area contributed by atoms with E-state index in [2.05, 4.69) is 15.4 Å². The summed E-state index contributed by atoms with van der Waals surface area (Å²) in [6, 6.07) is 11.1. The number of pyridine rings is 1. The van der Waals surface area contributed by atoms with Gasteiger partial charge in [0.25, 0.3) is 11.8 Å². The Labute approximate surface area is 201 Å². The number of hydrogen-bond acceptors (Lipinski definition) is 4. The number of benzene rings is 1. The molecule has 7 nitrogen and oxygen atoms in total. The van der Waals surface area contributed by atoms with Crippen LogP contribution in [0.3, 0.4) is 0 Å². The van der Waals surface area contributed by atoms with Crippen molar-refractivity contribution in [2.45, 2.75) is 44.8 Å². The van der Waals surface area contributed by atoms with Gasteiger partial charge in [0.15, 0.2) is 5.82 Å². The predicted octanol–water partition coefficient (Wildman–Crippen LogP) is 4.44. The molecule has 35 heavy (non-hydrogen) atoms. The van der Waals surface area contributed by atoms with E-state index in [0.717, 1.165) is 12.3 Å². The van der Waals surface area contributed by atoms with Crippen molar-refractivity contribution in [3.63, 3.8) is 0 Å². The summed E-state index contributed by atoms with van der Waals surface area (Å²) in [6.07, 6.45) is -1.03. The smallest absolute Gasteiger partial charge is 0.349 e. The molecular weight excluding hydrogens is 459 g/mol. The molecule has 1 aromatic carbocycles. The summed E-state index contributed by atoms with van der Waals surface area (Å²) in [5, 5.41) is 7.29. The highest BCUT2D eigenvalue weighted by molar-refractivity contribution is 5.96. The molecule has 0 bridgehead atoms. The minimum atomic E-state index is -4.48. The summed E-state index contributed by atoms with van der Waals surface area (Å²) < 4.78 is 40.1. The molecule has 1 N–H and O–H groups in total. The molecule has 184 valence electrons. The fourth-order valence-corrected chi connectivity index (χ4v) is 4.20. The number of carbonyl (C=O) groups is 2. The van der Waals surface area contributed by atoms with Gasteiger partial charge < -0.3 is 10.2 Å². The molecule has 3 heterocycles. The van der Waals surface area contributed by atoms with Crippen LogP contribution in [0.5, 0.6) is 0 Å². The van der Waals surface area contributed by atoms with Crippen LogP contribution in [-0.4, -0.2) is 50.6 Å². The second-order valence-electron chi connectivity index (χ2n) is 8.82. The number of likely N-dealkylation sites (tertiary alicyclic amines) is 1. The topological polar surface area (TPSA) is 80.1 Å². The molecule has 0 spiro atoms. The molecule has 1 aliphatic rings. The largest absolute Gasteiger partial charge is 0.417 e. The molecule has 1 saturated heterocycles. The Bertz CT molecular complexity index is 1180. The molecule has 0 atom stereocenters. The van der Waals surface area contributed by atoms with Crippen LogP contribution in [0.4, 0.5) is 13.2 Å². The Morgan fingerprint density at radius 3 is 2.29 bits per heavy atom. The summed E-state index contributed by atoms with van der Waals surface area (Å²) in [5.41, 5.74) is 0.727. The van der Waals surface area contributed by atoms with Gasteiger partial charge in [0, 0.05) is 30.9 Å². The van der Waals surface area contributed by atoms with E-state index in [1.54, 1.807) is 17.0 Å². The van der Waals surface area contributed by atoms with Gasteiger partial charge in [-0.15, -0.1) is 0 Å². The first-order valence-electron chi connectivity index (χ1n) is 11.4. The van der Waals surface area contributed by atoms with Gasteiger partial charge in [-0.3, -0.25) is 9.59 Å². The average Bonchev–Trinajstić information content (AvgIpc) is 3.30. The van der Waals surface area contributed by atoms with E-state index in [-0.39, 0.29) is 29.6 Å². The van der Waals surface area contributed by atoms with E-state index in [9.17, 15) is 22.8 Å². The first kappa shape index (κ1) is 24.4. The van der Waals surface area contributed by atoms with Crippen LogP contribution in [0, 0.1) is 0 Å². The number of nitrogens with zero attached hydrogens (tertiary/aromatic N) is 4. The third-order valence-corrected chi connectivity index (χ3v) is 6.03. The predicted molar refractivity (Wildman–Crippen MR) is 123 cm³/mol. The number of nitrogens with one attached hydrogen (secondary N) is 1. The average molecular weight is 486 g/mol. The fourth-order valence-electron chi connectivity index (χ4n) is 4.20. The normalized spacial score (nSPS) is 14.9. The van der Waals surface area contributed by atoms with Crippen LogP contribution in [-0.2, 0) is 6.18 Å². The zero-order chi connectivity index (χ0) is 25.2. The highest BCUT2D eigenvalue weighted by atomic mass is 19.4. The van der Waals surface area contributed by atoms with Crippen LogP contribution in [0.1, 0.15) is 64.6 Å². The number of amides is 2. The maximum Gasteiger partial charge on any atom is 0.417 e. The van der Waals surface area contributed by atoms with Crippen LogP contribution in [0.2, 0.25) is 0 Å². The summed E-state index contributed by atoms with van der Waals surface area (Å²) in [6.45, 7) is 4.72. The molecule has 0 saturated carbocycles. The molecule has 3 aromatic rings. The van der Waals surface area contributed by atoms with Gasteiger partial charge in [-0.25, -0.2) is 9.67 Å². The Morgan fingerprint density at radius 2 is 1.71 bits per heavy atom.